The van der Waals surface area contributed by atoms with E-state index < -0.39 is 4.92 Å². The van der Waals surface area contributed by atoms with Gasteiger partial charge in [-0.25, -0.2) is 0 Å². The molecular formula is C23H30N4O3. The average molecular weight is 411 g/mol. The molecule has 2 aromatic rings. The van der Waals surface area contributed by atoms with E-state index in [2.05, 4.69) is 29.7 Å². The Morgan fingerprint density at radius 3 is 2.30 bits per heavy atom. The molecule has 7 heteroatoms. The van der Waals surface area contributed by atoms with E-state index >= 15 is 0 Å². The fraction of sp³-hybridized carbons (Fsp3) is 0.435. The molecule has 1 aliphatic rings. The van der Waals surface area contributed by atoms with Gasteiger partial charge in [0.2, 0.25) is 0 Å². The summed E-state index contributed by atoms with van der Waals surface area (Å²) in [4.78, 5) is 29.8. The number of non-ortho nitro benzene ring substituents is 1. The fourth-order valence-electron chi connectivity index (χ4n) is 3.70. The first kappa shape index (κ1) is 21.8. The summed E-state index contributed by atoms with van der Waals surface area (Å²) in [7, 11) is 1.75. The van der Waals surface area contributed by atoms with Crippen molar-refractivity contribution in [3.8, 4) is 0 Å². The van der Waals surface area contributed by atoms with Gasteiger partial charge in [0.15, 0.2) is 0 Å². The van der Waals surface area contributed by atoms with Gasteiger partial charge in [0, 0.05) is 50.9 Å². The molecule has 0 bridgehead atoms. The lowest BCUT2D eigenvalue weighted by Crippen LogP contribution is -2.47. The first-order valence-corrected chi connectivity index (χ1v) is 10.5. The van der Waals surface area contributed by atoms with Crippen LogP contribution in [0.1, 0.15) is 30.6 Å². The van der Waals surface area contributed by atoms with E-state index in [4.69, 9.17) is 0 Å². The second kappa shape index (κ2) is 9.71. The van der Waals surface area contributed by atoms with Crippen molar-refractivity contribution in [2.45, 2.75) is 20.3 Å². The molecule has 160 valence electrons. The zero-order valence-electron chi connectivity index (χ0n) is 18.0. The number of anilines is 2. The number of hydrogen-bond acceptors (Lipinski definition) is 5. The van der Waals surface area contributed by atoms with Crippen molar-refractivity contribution in [1.82, 2.24) is 4.90 Å². The van der Waals surface area contributed by atoms with Crippen molar-refractivity contribution in [3.63, 3.8) is 0 Å². The van der Waals surface area contributed by atoms with E-state index in [0.717, 1.165) is 44.1 Å². The number of para-hydroxylation sites is 2. The molecule has 1 heterocycles. The lowest BCUT2D eigenvalue weighted by atomic mass is 10.1. The molecule has 1 fully saturated rings. The Morgan fingerprint density at radius 1 is 1.07 bits per heavy atom. The predicted molar refractivity (Wildman–Crippen MR) is 120 cm³/mol. The van der Waals surface area contributed by atoms with Crippen molar-refractivity contribution < 1.29 is 9.72 Å². The summed E-state index contributed by atoms with van der Waals surface area (Å²) in [6.07, 6.45) is 1.21. The Kier molecular flexibility index (Phi) is 7.05. The van der Waals surface area contributed by atoms with Crippen molar-refractivity contribution in [3.05, 3.63) is 64.2 Å². The normalized spacial score (nSPS) is 14.7. The molecule has 0 unspecified atom stereocenters. The van der Waals surface area contributed by atoms with Crippen LogP contribution in [-0.2, 0) is 0 Å². The largest absolute Gasteiger partial charge is 0.367 e. The smallest absolute Gasteiger partial charge is 0.269 e. The molecule has 1 amide bonds. The van der Waals surface area contributed by atoms with Gasteiger partial charge in [0.25, 0.3) is 11.6 Å². The van der Waals surface area contributed by atoms with Gasteiger partial charge in [0.05, 0.1) is 16.3 Å². The van der Waals surface area contributed by atoms with Gasteiger partial charge < -0.3 is 9.80 Å². The first-order chi connectivity index (χ1) is 14.4. The summed E-state index contributed by atoms with van der Waals surface area (Å²) in [5.74, 6) is 0.524. The summed E-state index contributed by atoms with van der Waals surface area (Å²) in [6, 6.07) is 13.7. The summed E-state index contributed by atoms with van der Waals surface area (Å²) in [5, 5.41) is 10.9. The van der Waals surface area contributed by atoms with E-state index in [1.165, 1.54) is 30.7 Å². The van der Waals surface area contributed by atoms with Crippen LogP contribution in [0.4, 0.5) is 17.1 Å². The molecule has 0 saturated carbocycles. The van der Waals surface area contributed by atoms with Crippen LogP contribution in [0.25, 0.3) is 0 Å². The second-order valence-corrected chi connectivity index (χ2v) is 8.17. The molecule has 0 radical (unpaired) electrons. The average Bonchev–Trinajstić information content (AvgIpc) is 2.77. The number of nitro benzene ring substituents is 1. The highest BCUT2D eigenvalue weighted by atomic mass is 16.6. The number of carbonyl (C=O) groups is 1. The minimum atomic E-state index is -0.464. The van der Waals surface area contributed by atoms with E-state index in [1.807, 2.05) is 18.2 Å². The van der Waals surface area contributed by atoms with Crippen molar-refractivity contribution in [2.24, 2.45) is 5.92 Å². The molecule has 2 aromatic carbocycles. The number of rotatable bonds is 7. The number of nitro groups is 1. The molecule has 0 aromatic heterocycles. The summed E-state index contributed by atoms with van der Waals surface area (Å²) in [5.41, 5.74) is 2.29. The number of hydrogen-bond donors (Lipinski definition) is 0. The van der Waals surface area contributed by atoms with Crippen molar-refractivity contribution in [2.75, 3.05) is 49.6 Å². The number of benzene rings is 2. The SMILES string of the molecule is CC(C)CCN1CCN(c2ccccc2N(C)C(=O)c2ccc([N+](=O)[O-])cc2)CC1. The van der Waals surface area contributed by atoms with E-state index in [9.17, 15) is 14.9 Å². The Hall–Kier alpha value is -2.93. The molecule has 1 aliphatic heterocycles. The molecule has 3 rings (SSSR count). The maximum atomic E-state index is 13.0. The highest BCUT2D eigenvalue weighted by Gasteiger charge is 2.23. The Morgan fingerprint density at radius 2 is 1.70 bits per heavy atom. The Bertz CT molecular complexity index is 874. The van der Waals surface area contributed by atoms with Gasteiger partial charge >= 0.3 is 0 Å². The molecule has 0 atom stereocenters. The number of piperazine rings is 1. The quantitative estimate of drug-likeness (QED) is 0.509. The van der Waals surface area contributed by atoms with Gasteiger partial charge in [-0.2, -0.15) is 0 Å². The van der Waals surface area contributed by atoms with Crippen LogP contribution < -0.4 is 9.80 Å². The first-order valence-electron chi connectivity index (χ1n) is 10.5. The molecule has 1 saturated heterocycles. The number of nitrogens with zero attached hydrogens (tertiary/aromatic N) is 4. The van der Waals surface area contributed by atoms with Crippen molar-refractivity contribution >= 4 is 23.0 Å². The monoisotopic (exact) mass is 410 g/mol. The number of carbonyl (C=O) groups excluding carboxylic acids is 1. The van der Waals surface area contributed by atoms with Crippen LogP contribution in [0, 0.1) is 16.0 Å². The maximum absolute atomic E-state index is 13.0. The highest BCUT2D eigenvalue weighted by Crippen LogP contribution is 2.30. The van der Waals surface area contributed by atoms with E-state index in [0.29, 0.717) is 11.5 Å². The van der Waals surface area contributed by atoms with E-state index in [1.54, 1.807) is 11.9 Å². The summed E-state index contributed by atoms with van der Waals surface area (Å²) >= 11 is 0. The Labute approximate surface area is 178 Å². The molecule has 0 N–H and O–H groups in total. The minimum absolute atomic E-state index is 0.0232. The third-order valence-electron chi connectivity index (χ3n) is 5.61. The maximum Gasteiger partial charge on any atom is 0.269 e. The molecular weight excluding hydrogens is 380 g/mol. The van der Waals surface area contributed by atoms with Crippen LogP contribution in [0.15, 0.2) is 48.5 Å². The van der Waals surface area contributed by atoms with Gasteiger partial charge in [-0.1, -0.05) is 26.0 Å². The lowest BCUT2D eigenvalue weighted by Gasteiger charge is -2.38. The lowest BCUT2D eigenvalue weighted by molar-refractivity contribution is -0.384. The summed E-state index contributed by atoms with van der Waals surface area (Å²) < 4.78 is 0. The topological polar surface area (TPSA) is 69.9 Å². The zero-order chi connectivity index (χ0) is 21.7. The molecule has 7 nitrogen and oxygen atoms in total. The molecule has 0 aliphatic carbocycles. The third kappa shape index (κ3) is 5.16. The molecule has 30 heavy (non-hydrogen) atoms. The van der Waals surface area contributed by atoms with E-state index in [-0.39, 0.29) is 11.6 Å². The second-order valence-electron chi connectivity index (χ2n) is 8.17. The van der Waals surface area contributed by atoms with Crippen LogP contribution in [-0.4, -0.2) is 55.5 Å². The minimum Gasteiger partial charge on any atom is -0.367 e. The fourth-order valence-corrected chi connectivity index (χ4v) is 3.70. The standard InChI is InChI=1S/C23H30N4O3/c1-18(2)12-13-25-14-16-26(17-15-25)22-7-5-4-6-21(22)24(3)23(28)19-8-10-20(11-9-19)27(29)30/h4-11,18H,12-17H2,1-3H3. The van der Waals surface area contributed by atoms with Gasteiger partial charge in [-0.05, 0) is 43.1 Å². The van der Waals surface area contributed by atoms with Gasteiger partial charge in [-0.15, -0.1) is 0 Å². The van der Waals surface area contributed by atoms with Gasteiger partial charge in [-0.3, -0.25) is 19.8 Å². The number of amides is 1. The Balaban J connectivity index is 1.71. The highest BCUT2D eigenvalue weighted by molar-refractivity contribution is 6.07. The van der Waals surface area contributed by atoms with Crippen LogP contribution in [0.5, 0.6) is 0 Å². The zero-order valence-corrected chi connectivity index (χ0v) is 18.0. The van der Waals surface area contributed by atoms with Crippen LogP contribution >= 0.6 is 0 Å². The van der Waals surface area contributed by atoms with Crippen LogP contribution in [0.3, 0.4) is 0 Å². The van der Waals surface area contributed by atoms with Gasteiger partial charge in [0.1, 0.15) is 0 Å². The third-order valence-corrected chi connectivity index (χ3v) is 5.61. The van der Waals surface area contributed by atoms with Crippen molar-refractivity contribution in [1.29, 1.82) is 0 Å². The summed E-state index contributed by atoms with van der Waals surface area (Å²) in [6.45, 7) is 9.52. The van der Waals surface area contributed by atoms with Crippen LogP contribution in [0.2, 0.25) is 0 Å². The molecule has 0 spiro atoms. The predicted octanol–water partition coefficient (Wildman–Crippen LogP) is 4.04.